The molecule has 1 aliphatic carbocycles. The van der Waals surface area contributed by atoms with Gasteiger partial charge in [-0.05, 0) is 25.3 Å². The zero-order valence-electron chi connectivity index (χ0n) is 6.93. The minimum atomic E-state index is -0.0827. The SMILES string of the molecule is CCCC(=O)OC1=CCCC1. The predicted molar refractivity (Wildman–Crippen MR) is 42.9 cm³/mol. The van der Waals surface area contributed by atoms with E-state index in [4.69, 9.17) is 4.74 Å². The molecule has 1 rings (SSSR count). The molecule has 1 aliphatic rings. The van der Waals surface area contributed by atoms with E-state index in [1.807, 2.05) is 13.0 Å². The van der Waals surface area contributed by atoms with Crippen molar-refractivity contribution in [2.45, 2.75) is 39.0 Å². The van der Waals surface area contributed by atoms with Crippen LogP contribution in [0.1, 0.15) is 39.0 Å². The van der Waals surface area contributed by atoms with Gasteiger partial charge in [-0.2, -0.15) is 0 Å². The Morgan fingerprint density at radius 2 is 2.55 bits per heavy atom. The van der Waals surface area contributed by atoms with Gasteiger partial charge in [0, 0.05) is 12.8 Å². The molecule has 0 radical (unpaired) electrons. The lowest BCUT2D eigenvalue weighted by Crippen LogP contribution is -2.01. The Bertz CT molecular complexity index is 170. The molecule has 2 nitrogen and oxygen atoms in total. The fourth-order valence-corrected chi connectivity index (χ4v) is 1.14. The maximum absolute atomic E-state index is 10.9. The fourth-order valence-electron chi connectivity index (χ4n) is 1.14. The molecule has 0 fully saturated rings. The lowest BCUT2D eigenvalue weighted by molar-refractivity contribution is -0.139. The molecule has 0 spiro atoms. The Hall–Kier alpha value is -0.790. The molecular formula is C9H14O2. The highest BCUT2D eigenvalue weighted by molar-refractivity contribution is 5.70. The summed E-state index contributed by atoms with van der Waals surface area (Å²) < 4.78 is 5.07. The van der Waals surface area contributed by atoms with Gasteiger partial charge in [0.25, 0.3) is 0 Å². The number of esters is 1. The molecule has 11 heavy (non-hydrogen) atoms. The van der Waals surface area contributed by atoms with Crippen LogP contribution in [0.5, 0.6) is 0 Å². The Balaban J connectivity index is 2.24. The second-order valence-corrected chi connectivity index (χ2v) is 2.79. The van der Waals surface area contributed by atoms with E-state index in [9.17, 15) is 4.79 Å². The highest BCUT2D eigenvalue weighted by Crippen LogP contribution is 2.18. The van der Waals surface area contributed by atoms with Gasteiger partial charge in [-0.1, -0.05) is 6.92 Å². The number of allylic oxidation sites excluding steroid dienone is 2. The fraction of sp³-hybridized carbons (Fsp3) is 0.667. The Morgan fingerprint density at radius 1 is 1.73 bits per heavy atom. The summed E-state index contributed by atoms with van der Waals surface area (Å²) in [6.45, 7) is 1.98. The summed E-state index contributed by atoms with van der Waals surface area (Å²) in [6, 6.07) is 0. The van der Waals surface area contributed by atoms with Crippen LogP contribution in [-0.4, -0.2) is 5.97 Å². The number of ether oxygens (including phenoxy) is 1. The Kier molecular flexibility index (Phi) is 3.14. The smallest absolute Gasteiger partial charge is 0.310 e. The monoisotopic (exact) mass is 154 g/mol. The summed E-state index contributed by atoms with van der Waals surface area (Å²) in [6.07, 6.45) is 6.55. The van der Waals surface area contributed by atoms with Crippen molar-refractivity contribution in [3.63, 3.8) is 0 Å². The maximum Gasteiger partial charge on any atom is 0.310 e. The minimum absolute atomic E-state index is 0.0827. The van der Waals surface area contributed by atoms with E-state index in [1.54, 1.807) is 0 Å². The highest BCUT2D eigenvalue weighted by Gasteiger charge is 2.09. The van der Waals surface area contributed by atoms with Crippen LogP contribution in [-0.2, 0) is 9.53 Å². The van der Waals surface area contributed by atoms with Gasteiger partial charge in [0.05, 0.1) is 0 Å². The standard InChI is InChI=1S/C9H14O2/c1-2-5-9(10)11-8-6-3-4-7-8/h6H,2-5,7H2,1H3. The number of hydrogen-bond acceptors (Lipinski definition) is 2. The molecule has 0 aliphatic heterocycles. The molecule has 0 heterocycles. The summed E-state index contributed by atoms with van der Waals surface area (Å²) in [5.41, 5.74) is 0. The van der Waals surface area contributed by atoms with Gasteiger partial charge in [-0.15, -0.1) is 0 Å². The second-order valence-electron chi connectivity index (χ2n) is 2.79. The van der Waals surface area contributed by atoms with Gasteiger partial charge >= 0.3 is 5.97 Å². The third kappa shape index (κ3) is 2.74. The summed E-state index contributed by atoms with van der Waals surface area (Å²) >= 11 is 0. The number of carbonyl (C=O) groups excluding carboxylic acids is 1. The van der Waals surface area contributed by atoms with E-state index in [0.717, 1.165) is 31.4 Å². The van der Waals surface area contributed by atoms with Gasteiger partial charge in [-0.3, -0.25) is 4.79 Å². The van der Waals surface area contributed by atoms with Crippen molar-refractivity contribution in [2.24, 2.45) is 0 Å². The van der Waals surface area contributed by atoms with E-state index in [-0.39, 0.29) is 5.97 Å². The van der Waals surface area contributed by atoms with E-state index in [0.29, 0.717) is 6.42 Å². The van der Waals surface area contributed by atoms with Crippen LogP contribution in [0.3, 0.4) is 0 Å². The third-order valence-electron chi connectivity index (χ3n) is 1.70. The molecule has 0 bridgehead atoms. The summed E-state index contributed by atoms with van der Waals surface area (Å²) in [5.74, 6) is 0.795. The first-order valence-corrected chi connectivity index (χ1v) is 4.22. The molecule has 0 atom stereocenters. The molecule has 0 amide bonds. The van der Waals surface area contributed by atoms with Crippen LogP contribution in [0.25, 0.3) is 0 Å². The van der Waals surface area contributed by atoms with Crippen molar-refractivity contribution >= 4 is 5.97 Å². The first kappa shape index (κ1) is 8.31. The van der Waals surface area contributed by atoms with Crippen LogP contribution < -0.4 is 0 Å². The van der Waals surface area contributed by atoms with E-state index in [1.165, 1.54) is 0 Å². The van der Waals surface area contributed by atoms with Gasteiger partial charge < -0.3 is 4.74 Å². The van der Waals surface area contributed by atoms with Gasteiger partial charge in [0.2, 0.25) is 0 Å². The molecule has 0 aromatic rings. The quantitative estimate of drug-likeness (QED) is 0.583. The maximum atomic E-state index is 10.9. The topological polar surface area (TPSA) is 26.3 Å². The zero-order chi connectivity index (χ0) is 8.10. The predicted octanol–water partition coefficient (Wildman–Crippen LogP) is 2.40. The first-order valence-electron chi connectivity index (χ1n) is 4.22. The normalized spacial score (nSPS) is 16.3. The average Bonchev–Trinajstić information content (AvgIpc) is 2.40. The van der Waals surface area contributed by atoms with Crippen LogP contribution >= 0.6 is 0 Å². The van der Waals surface area contributed by atoms with Crippen molar-refractivity contribution in [3.8, 4) is 0 Å². The summed E-state index contributed by atoms with van der Waals surface area (Å²) in [5, 5.41) is 0. The number of rotatable bonds is 3. The number of carbonyl (C=O) groups is 1. The number of hydrogen-bond donors (Lipinski definition) is 0. The van der Waals surface area contributed by atoms with Gasteiger partial charge in [-0.25, -0.2) is 0 Å². The van der Waals surface area contributed by atoms with Crippen LogP contribution in [0.15, 0.2) is 11.8 Å². The average molecular weight is 154 g/mol. The highest BCUT2D eigenvalue weighted by atomic mass is 16.5. The van der Waals surface area contributed by atoms with E-state index < -0.39 is 0 Å². The molecule has 0 unspecified atom stereocenters. The van der Waals surface area contributed by atoms with E-state index >= 15 is 0 Å². The molecule has 0 saturated heterocycles. The first-order chi connectivity index (χ1) is 5.33. The van der Waals surface area contributed by atoms with Crippen molar-refractivity contribution in [2.75, 3.05) is 0 Å². The minimum Gasteiger partial charge on any atom is -0.431 e. The van der Waals surface area contributed by atoms with Crippen molar-refractivity contribution < 1.29 is 9.53 Å². The van der Waals surface area contributed by atoms with Crippen LogP contribution in [0.4, 0.5) is 0 Å². The van der Waals surface area contributed by atoms with Crippen molar-refractivity contribution in [1.29, 1.82) is 0 Å². The van der Waals surface area contributed by atoms with Gasteiger partial charge in [0.1, 0.15) is 5.76 Å². The Labute approximate surface area is 67.2 Å². The molecule has 0 aromatic heterocycles. The van der Waals surface area contributed by atoms with Crippen LogP contribution in [0.2, 0.25) is 0 Å². The second kappa shape index (κ2) is 4.16. The van der Waals surface area contributed by atoms with Crippen molar-refractivity contribution in [3.05, 3.63) is 11.8 Å². The van der Waals surface area contributed by atoms with Gasteiger partial charge in [0.15, 0.2) is 0 Å². The van der Waals surface area contributed by atoms with Crippen molar-refractivity contribution in [1.82, 2.24) is 0 Å². The summed E-state index contributed by atoms with van der Waals surface area (Å²) in [4.78, 5) is 10.9. The van der Waals surface area contributed by atoms with Crippen LogP contribution in [0, 0.1) is 0 Å². The molecule has 0 aromatic carbocycles. The molecule has 62 valence electrons. The Morgan fingerprint density at radius 3 is 3.09 bits per heavy atom. The lowest BCUT2D eigenvalue weighted by atomic mass is 10.3. The molecule has 2 heteroatoms. The lowest BCUT2D eigenvalue weighted by Gasteiger charge is -2.02. The zero-order valence-corrected chi connectivity index (χ0v) is 6.93. The molecule has 0 saturated carbocycles. The molecular weight excluding hydrogens is 140 g/mol. The molecule has 0 N–H and O–H groups in total. The van der Waals surface area contributed by atoms with E-state index in [2.05, 4.69) is 0 Å². The largest absolute Gasteiger partial charge is 0.431 e. The summed E-state index contributed by atoms with van der Waals surface area (Å²) in [7, 11) is 0. The third-order valence-corrected chi connectivity index (χ3v) is 1.70.